The third-order valence-electron chi connectivity index (χ3n) is 4.73. The lowest BCUT2D eigenvalue weighted by atomic mass is 10.1. The zero-order chi connectivity index (χ0) is 21.9. The number of carbonyl (C=O) groups excluding carboxylic acids is 1. The van der Waals surface area contributed by atoms with Crippen molar-refractivity contribution in [2.45, 2.75) is 32.2 Å². The van der Waals surface area contributed by atoms with Gasteiger partial charge < -0.3 is 5.32 Å². The molecule has 0 saturated carbocycles. The first-order chi connectivity index (χ1) is 14.2. The first kappa shape index (κ1) is 21.9. The van der Waals surface area contributed by atoms with Crippen LogP contribution >= 0.6 is 11.6 Å². The van der Waals surface area contributed by atoms with E-state index in [9.17, 15) is 13.2 Å². The predicted molar refractivity (Wildman–Crippen MR) is 121 cm³/mol. The molecule has 1 amide bonds. The number of aryl methyl sites for hydroxylation is 3. The fourth-order valence-electron chi connectivity index (χ4n) is 3.05. The van der Waals surface area contributed by atoms with E-state index in [0.29, 0.717) is 22.8 Å². The number of rotatable bonds is 6. The van der Waals surface area contributed by atoms with E-state index in [1.807, 2.05) is 38.1 Å². The second kappa shape index (κ2) is 8.90. The highest BCUT2D eigenvalue weighted by Gasteiger charge is 2.20. The van der Waals surface area contributed by atoms with Crippen LogP contribution in [0.2, 0.25) is 5.02 Å². The van der Waals surface area contributed by atoms with Gasteiger partial charge in [0.2, 0.25) is 0 Å². The van der Waals surface area contributed by atoms with E-state index >= 15 is 0 Å². The lowest BCUT2D eigenvalue weighted by Crippen LogP contribution is -2.23. The molecule has 7 heteroatoms. The Morgan fingerprint density at radius 3 is 2.27 bits per heavy atom. The zero-order valence-electron chi connectivity index (χ0n) is 17.0. The maximum Gasteiger partial charge on any atom is 0.262 e. The van der Waals surface area contributed by atoms with Crippen molar-refractivity contribution in [2.24, 2.45) is 0 Å². The van der Waals surface area contributed by atoms with E-state index in [1.165, 1.54) is 6.07 Å². The molecule has 0 unspecified atom stereocenters. The average molecular weight is 443 g/mol. The third kappa shape index (κ3) is 5.20. The lowest BCUT2D eigenvalue weighted by molar-refractivity contribution is 0.0950. The monoisotopic (exact) mass is 442 g/mol. The van der Waals surface area contributed by atoms with Gasteiger partial charge in [-0.05, 0) is 67.8 Å². The summed E-state index contributed by atoms with van der Waals surface area (Å²) in [6.07, 6.45) is 0. The number of carbonyl (C=O) groups is 1. The lowest BCUT2D eigenvalue weighted by Gasteiger charge is -2.14. The summed E-state index contributed by atoms with van der Waals surface area (Å²) >= 11 is 5.87. The summed E-state index contributed by atoms with van der Waals surface area (Å²) in [5, 5.41) is 3.42. The Labute approximate surface area is 182 Å². The molecular weight excluding hydrogens is 420 g/mol. The van der Waals surface area contributed by atoms with Crippen LogP contribution in [-0.2, 0) is 16.6 Å². The summed E-state index contributed by atoms with van der Waals surface area (Å²) in [6.45, 7) is 5.80. The normalized spacial score (nSPS) is 11.2. The van der Waals surface area contributed by atoms with Crippen LogP contribution in [0.4, 0.5) is 5.69 Å². The van der Waals surface area contributed by atoms with Crippen molar-refractivity contribution in [3.8, 4) is 0 Å². The number of amides is 1. The van der Waals surface area contributed by atoms with Gasteiger partial charge in [0.1, 0.15) is 0 Å². The first-order valence-electron chi connectivity index (χ1n) is 9.39. The summed E-state index contributed by atoms with van der Waals surface area (Å²) in [4.78, 5) is 12.6. The van der Waals surface area contributed by atoms with E-state index in [-0.39, 0.29) is 16.4 Å². The molecule has 0 radical (unpaired) electrons. The van der Waals surface area contributed by atoms with Crippen LogP contribution < -0.4 is 10.0 Å². The van der Waals surface area contributed by atoms with Gasteiger partial charge in [-0.2, -0.15) is 0 Å². The maximum absolute atomic E-state index is 13.0. The van der Waals surface area contributed by atoms with Crippen molar-refractivity contribution in [1.82, 2.24) is 5.32 Å². The number of sulfonamides is 1. The predicted octanol–water partition coefficient (Wildman–Crippen LogP) is 5.00. The summed E-state index contributed by atoms with van der Waals surface area (Å²) in [6, 6.07) is 17.3. The van der Waals surface area contributed by atoms with E-state index < -0.39 is 10.0 Å². The summed E-state index contributed by atoms with van der Waals surface area (Å²) in [7, 11) is -3.85. The minimum Gasteiger partial charge on any atom is -0.348 e. The highest BCUT2D eigenvalue weighted by molar-refractivity contribution is 7.92. The Balaban J connectivity index is 1.81. The van der Waals surface area contributed by atoms with Crippen molar-refractivity contribution in [1.29, 1.82) is 0 Å². The van der Waals surface area contributed by atoms with Crippen LogP contribution in [-0.4, -0.2) is 14.3 Å². The summed E-state index contributed by atoms with van der Waals surface area (Å²) in [5.41, 5.74) is 4.11. The van der Waals surface area contributed by atoms with Crippen molar-refractivity contribution in [2.75, 3.05) is 4.72 Å². The molecule has 0 aromatic heterocycles. The van der Waals surface area contributed by atoms with Gasteiger partial charge in [-0.25, -0.2) is 8.42 Å². The number of nitrogens with one attached hydrogen (secondary N) is 2. The topological polar surface area (TPSA) is 75.3 Å². The molecule has 3 aromatic carbocycles. The van der Waals surface area contributed by atoms with Gasteiger partial charge in [-0.3, -0.25) is 9.52 Å². The molecule has 0 spiro atoms. The largest absolute Gasteiger partial charge is 0.348 e. The van der Waals surface area contributed by atoms with Gasteiger partial charge in [0, 0.05) is 17.1 Å². The number of halogens is 1. The minimum absolute atomic E-state index is 0.0709. The van der Waals surface area contributed by atoms with Crippen molar-refractivity contribution < 1.29 is 13.2 Å². The Hall–Kier alpha value is -2.83. The molecule has 3 aromatic rings. The maximum atomic E-state index is 13.0. The van der Waals surface area contributed by atoms with Crippen LogP contribution in [0, 0.1) is 20.8 Å². The number of benzene rings is 3. The van der Waals surface area contributed by atoms with Gasteiger partial charge in [0.15, 0.2) is 0 Å². The molecule has 0 fully saturated rings. The Bertz CT molecular complexity index is 1190. The average Bonchev–Trinajstić information content (AvgIpc) is 2.69. The van der Waals surface area contributed by atoms with Crippen molar-refractivity contribution >= 4 is 33.2 Å². The quantitative estimate of drug-likeness (QED) is 0.564. The van der Waals surface area contributed by atoms with Crippen LogP contribution in [0.3, 0.4) is 0 Å². The first-order valence-corrected chi connectivity index (χ1v) is 11.3. The Kier molecular flexibility index (Phi) is 6.48. The van der Waals surface area contributed by atoms with Crippen LogP contribution in [0.1, 0.15) is 32.6 Å². The molecule has 0 bridgehead atoms. The number of hydrogen-bond donors (Lipinski definition) is 2. The standard InChI is InChI=1S/C23H23ClN2O3S/c1-15-4-11-21(17(3)12-15)26-30(28,29)22-13-19(8-5-16(22)2)23(27)25-14-18-6-9-20(24)10-7-18/h4-13,26H,14H2,1-3H3,(H,25,27). The molecule has 30 heavy (non-hydrogen) atoms. The van der Waals surface area contributed by atoms with Gasteiger partial charge in [0.05, 0.1) is 10.6 Å². The highest BCUT2D eigenvalue weighted by atomic mass is 35.5. The molecule has 0 saturated heterocycles. The van der Waals surface area contributed by atoms with Gasteiger partial charge in [-0.15, -0.1) is 0 Å². The Morgan fingerprint density at radius 1 is 0.900 bits per heavy atom. The number of anilines is 1. The molecule has 0 aliphatic heterocycles. The second-order valence-corrected chi connectivity index (χ2v) is 9.30. The van der Waals surface area contributed by atoms with Crippen molar-refractivity contribution in [3.63, 3.8) is 0 Å². The van der Waals surface area contributed by atoms with E-state index in [0.717, 1.165) is 16.7 Å². The fourth-order valence-corrected chi connectivity index (χ4v) is 4.57. The molecule has 0 aliphatic carbocycles. The van der Waals surface area contributed by atoms with E-state index in [1.54, 1.807) is 37.3 Å². The number of hydrogen-bond acceptors (Lipinski definition) is 3. The molecule has 3 rings (SSSR count). The van der Waals surface area contributed by atoms with Gasteiger partial charge in [0.25, 0.3) is 15.9 Å². The fraction of sp³-hybridized carbons (Fsp3) is 0.174. The van der Waals surface area contributed by atoms with Crippen LogP contribution in [0.15, 0.2) is 65.6 Å². The molecular formula is C23H23ClN2O3S. The summed E-state index contributed by atoms with van der Waals surface area (Å²) in [5.74, 6) is -0.354. The molecule has 156 valence electrons. The highest BCUT2D eigenvalue weighted by Crippen LogP contribution is 2.23. The van der Waals surface area contributed by atoms with Crippen LogP contribution in [0.5, 0.6) is 0 Å². The smallest absolute Gasteiger partial charge is 0.262 e. The second-order valence-electron chi connectivity index (χ2n) is 7.21. The van der Waals surface area contributed by atoms with Gasteiger partial charge >= 0.3 is 0 Å². The molecule has 0 atom stereocenters. The summed E-state index contributed by atoms with van der Waals surface area (Å²) < 4.78 is 28.6. The van der Waals surface area contributed by atoms with Crippen molar-refractivity contribution in [3.05, 3.63) is 93.5 Å². The molecule has 0 aliphatic rings. The van der Waals surface area contributed by atoms with Gasteiger partial charge in [-0.1, -0.05) is 47.5 Å². The van der Waals surface area contributed by atoms with Crippen LogP contribution in [0.25, 0.3) is 0 Å². The molecule has 0 heterocycles. The SMILES string of the molecule is Cc1ccc(NS(=O)(=O)c2cc(C(=O)NCc3ccc(Cl)cc3)ccc2C)c(C)c1. The minimum atomic E-state index is -3.85. The Morgan fingerprint density at radius 2 is 1.60 bits per heavy atom. The van der Waals surface area contributed by atoms with E-state index in [4.69, 9.17) is 11.6 Å². The molecule has 5 nitrogen and oxygen atoms in total. The zero-order valence-corrected chi connectivity index (χ0v) is 18.6. The molecule has 2 N–H and O–H groups in total. The third-order valence-corrected chi connectivity index (χ3v) is 6.49. The van der Waals surface area contributed by atoms with E-state index in [2.05, 4.69) is 10.0 Å².